The van der Waals surface area contributed by atoms with Crippen molar-refractivity contribution in [1.29, 1.82) is 0 Å². The van der Waals surface area contributed by atoms with Gasteiger partial charge in [0.05, 0.1) is 16.7 Å². The maximum absolute atomic E-state index is 6.00. The summed E-state index contributed by atoms with van der Waals surface area (Å²) in [6.45, 7) is 0. The van der Waals surface area contributed by atoms with E-state index in [0.29, 0.717) is 0 Å². The topological polar surface area (TPSA) is 66.6 Å². The summed E-state index contributed by atoms with van der Waals surface area (Å²) >= 11 is 0. The lowest BCUT2D eigenvalue weighted by molar-refractivity contribution is 0.483. The van der Waals surface area contributed by atoms with Crippen molar-refractivity contribution in [2.75, 3.05) is 0 Å². The predicted molar refractivity (Wildman–Crippen MR) is 101 cm³/mol. The van der Waals surface area contributed by atoms with Gasteiger partial charge in [0, 0.05) is 18.7 Å². The normalized spacial score (nSPS) is 14.0. The molecule has 0 amide bonds. The molecule has 0 spiro atoms. The van der Waals surface area contributed by atoms with Crippen LogP contribution in [0.1, 0.15) is 25.1 Å². The first-order chi connectivity index (χ1) is 12.8. The largest absolute Gasteiger partial charge is 0.457 e. The van der Waals surface area contributed by atoms with Gasteiger partial charge < -0.3 is 9.72 Å². The third-order valence-corrected chi connectivity index (χ3v) is 4.89. The van der Waals surface area contributed by atoms with E-state index in [1.54, 1.807) is 6.20 Å². The summed E-state index contributed by atoms with van der Waals surface area (Å²) in [5.41, 5.74) is 4.11. The average molecular weight is 344 g/mol. The number of aromatic nitrogens is 4. The van der Waals surface area contributed by atoms with Crippen molar-refractivity contribution in [2.24, 2.45) is 5.92 Å². The summed E-state index contributed by atoms with van der Waals surface area (Å²) in [4.78, 5) is 8.11. The van der Waals surface area contributed by atoms with Crippen LogP contribution in [0.2, 0.25) is 0 Å². The van der Waals surface area contributed by atoms with Gasteiger partial charge in [0.25, 0.3) is 0 Å². The molecule has 0 radical (unpaired) electrons. The third kappa shape index (κ3) is 3.20. The second-order valence-electron chi connectivity index (χ2n) is 6.94. The monoisotopic (exact) mass is 344 g/mol. The highest BCUT2D eigenvalue weighted by molar-refractivity contribution is 5.77. The number of imidazole rings is 1. The smallest absolute Gasteiger partial charge is 0.129 e. The van der Waals surface area contributed by atoms with Crippen LogP contribution in [-0.4, -0.2) is 20.2 Å². The standard InChI is InChI=1S/C21H20N4O/c1-2-14(1)3-10-21-23-19-9-8-17(13-20(19)24-21)26-16-6-4-15(5-7-16)18-11-12-22-25-18/h4-9,11-14H,1-3,10H2,(H,22,25)(H,23,24). The summed E-state index contributed by atoms with van der Waals surface area (Å²) in [5, 5.41) is 6.94. The lowest BCUT2D eigenvalue weighted by atomic mass is 10.1. The summed E-state index contributed by atoms with van der Waals surface area (Å²) in [5.74, 6) is 3.62. The zero-order valence-electron chi connectivity index (χ0n) is 14.4. The Hall–Kier alpha value is -3.08. The van der Waals surface area contributed by atoms with Crippen molar-refractivity contribution < 1.29 is 4.74 Å². The second-order valence-corrected chi connectivity index (χ2v) is 6.94. The zero-order chi connectivity index (χ0) is 17.3. The first kappa shape index (κ1) is 15.2. The highest BCUT2D eigenvalue weighted by atomic mass is 16.5. The molecule has 0 atom stereocenters. The van der Waals surface area contributed by atoms with Crippen LogP contribution >= 0.6 is 0 Å². The van der Waals surface area contributed by atoms with Gasteiger partial charge in [-0.15, -0.1) is 0 Å². The molecular formula is C21H20N4O. The van der Waals surface area contributed by atoms with Crippen molar-refractivity contribution in [3.8, 4) is 22.8 Å². The number of nitrogens with zero attached hydrogens (tertiary/aromatic N) is 2. The van der Waals surface area contributed by atoms with Gasteiger partial charge in [-0.3, -0.25) is 5.10 Å². The molecule has 4 aromatic rings. The number of H-pyrrole nitrogens is 2. The molecular weight excluding hydrogens is 324 g/mol. The first-order valence-electron chi connectivity index (χ1n) is 9.10. The summed E-state index contributed by atoms with van der Waals surface area (Å²) in [6, 6.07) is 15.9. The zero-order valence-corrected chi connectivity index (χ0v) is 14.4. The van der Waals surface area contributed by atoms with Crippen LogP contribution in [0.3, 0.4) is 0 Å². The Morgan fingerprint density at radius 1 is 1.00 bits per heavy atom. The third-order valence-electron chi connectivity index (χ3n) is 4.89. The number of aromatic amines is 2. The molecule has 5 heteroatoms. The lowest BCUT2D eigenvalue weighted by Gasteiger charge is -2.06. The number of benzene rings is 2. The number of hydrogen-bond donors (Lipinski definition) is 2. The maximum Gasteiger partial charge on any atom is 0.129 e. The van der Waals surface area contributed by atoms with E-state index in [0.717, 1.165) is 52.0 Å². The molecule has 2 N–H and O–H groups in total. The molecule has 26 heavy (non-hydrogen) atoms. The molecule has 2 aromatic heterocycles. The minimum atomic E-state index is 0.807. The Morgan fingerprint density at radius 2 is 1.85 bits per heavy atom. The molecule has 1 aliphatic carbocycles. The minimum absolute atomic E-state index is 0.807. The van der Waals surface area contributed by atoms with Crippen LogP contribution in [0.25, 0.3) is 22.3 Å². The van der Waals surface area contributed by atoms with Crippen LogP contribution in [0.4, 0.5) is 0 Å². The van der Waals surface area contributed by atoms with Gasteiger partial charge in [-0.05, 0) is 60.4 Å². The van der Waals surface area contributed by atoms with Crippen molar-refractivity contribution in [1.82, 2.24) is 20.2 Å². The molecule has 0 saturated heterocycles. The summed E-state index contributed by atoms with van der Waals surface area (Å²) < 4.78 is 6.00. The molecule has 2 aromatic carbocycles. The molecule has 2 heterocycles. The SMILES string of the molecule is c1cc(-c2ccc(Oc3ccc4nc(CCC5CC5)[nH]c4c3)cc2)[nH]n1. The molecule has 0 unspecified atom stereocenters. The van der Waals surface area contributed by atoms with Gasteiger partial charge in [-0.1, -0.05) is 12.8 Å². The number of aryl methyl sites for hydroxylation is 1. The Labute approximate surface area is 151 Å². The van der Waals surface area contributed by atoms with Crippen LogP contribution in [0.15, 0.2) is 54.7 Å². The molecule has 0 bridgehead atoms. The van der Waals surface area contributed by atoms with Crippen LogP contribution in [-0.2, 0) is 6.42 Å². The van der Waals surface area contributed by atoms with E-state index in [2.05, 4.69) is 20.2 Å². The van der Waals surface area contributed by atoms with Crippen molar-refractivity contribution in [3.05, 3.63) is 60.6 Å². The van der Waals surface area contributed by atoms with Crippen molar-refractivity contribution >= 4 is 11.0 Å². The molecule has 5 nitrogen and oxygen atoms in total. The Morgan fingerprint density at radius 3 is 2.62 bits per heavy atom. The van der Waals surface area contributed by atoms with E-state index >= 15 is 0 Å². The van der Waals surface area contributed by atoms with Gasteiger partial charge in [-0.2, -0.15) is 5.10 Å². The summed E-state index contributed by atoms with van der Waals surface area (Å²) in [7, 11) is 0. The van der Waals surface area contributed by atoms with Crippen molar-refractivity contribution in [2.45, 2.75) is 25.7 Å². The van der Waals surface area contributed by atoms with Crippen LogP contribution in [0, 0.1) is 5.92 Å². The van der Waals surface area contributed by atoms with E-state index in [1.807, 2.05) is 48.5 Å². The second kappa shape index (κ2) is 6.33. The van der Waals surface area contributed by atoms with Gasteiger partial charge >= 0.3 is 0 Å². The highest BCUT2D eigenvalue weighted by Gasteiger charge is 2.21. The Balaban J connectivity index is 1.32. The number of rotatable bonds is 6. The molecule has 130 valence electrons. The first-order valence-corrected chi connectivity index (χ1v) is 9.10. The van der Waals surface area contributed by atoms with Gasteiger partial charge in [-0.25, -0.2) is 4.98 Å². The number of hydrogen-bond acceptors (Lipinski definition) is 3. The van der Waals surface area contributed by atoms with Crippen molar-refractivity contribution in [3.63, 3.8) is 0 Å². The Bertz CT molecular complexity index is 1010. The quantitative estimate of drug-likeness (QED) is 0.512. The van der Waals surface area contributed by atoms with Crippen LogP contribution < -0.4 is 4.74 Å². The Kier molecular flexibility index (Phi) is 3.70. The average Bonchev–Trinajstić information content (AvgIpc) is 3.17. The molecule has 1 saturated carbocycles. The van der Waals surface area contributed by atoms with E-state index < -0.39 is 0 Å². The van der Waals surface area contributed by atoms with Crippen LogP contribution in [0.5, 0.6) is 11.5 Å². The lowest BCUT2D eigenvalue weighted by Crippen LogP contribution is -1.88. The molecule has 0 aliphatic heterocycles. The fourth-order valence-electron chi connectivity index (χ4n) is 3.23. The molecule has 1 aliphatic rings. The number of fused-ring (bicyclic) bond motifs is 1. The fourth-order valence-corrected chi connectivity index (χ4v) is 3.23. The van der Waals surface area contributed by atoms with Gasteiger partial charge in [0.15, 0.2) is 0 Å². The molecule has 1 fully saturated rings. The minimum Gasteiger partial charge on any atom is -0.457 e. The predicted octanol–water partition coefficient (Wildman–Crippen LogP) is 5.09. The fraction of sp³-hybridized carbons (Fsp3) is 0.238. The summed E-state index contributed by atoms with van der Waals surface area (Å²) in [6.07, 6.45) is 6.80. The van der Waals surface area contributed by atoms with E-state index in [-0.39, 0.29) is 0 Å². The van der Waals surface area contributed by atoms with E-state index in [4.69, 9.17) is 4.74 Å². The number of ether oxygens (including phenoxy) is 1. The van der Waals surface area contributed by atoms with Gasteiger partial charge in [0.2, 0.25) is 0 Å². The van der Waals surface area contributed by atoms with E-state index in [1.165, 1.54) is 19.3 Å². The number of nitrogens with one attached hydrogen (secondary N) is 2. The van der Waals surface area contributed by atoms with E-state index in [9.17, 15) is 0 Å². The highest BCUT2D eigenvalue weighted by Crippen LogP contribution is 2.33. The van der Waals surface area contributed by atoms with Gasteiger partial charge in [0.1, 0.15) is 17.3 Å². The molecule has 5 rings (SSSR count). The maximum atomic E-state index is 6.00.